The molecule has 0 saturated heterocycles. The van der Waals surface area contributed by atoms with E-state index in [1.165, 1.54) is 11.9 Å². The number of hydrogen-bond donors (Lipinski definition) is 0. The van der Waals surface area contributed by atoms with E-state index in [0.29, 0.717) is 0 Å². The van der Waals surface area contributed by atoms with Crippen LogP contribution >= 0.6 is 0 Å². The zero-order chi connectivity index (χ0) is 17.9. The van der Waals surface area contributed by atoms with E-state index in [0.717, 1.165) is 14.2 Å². The molecule has 0 spiro atoms. The van der Waals surface area contributed by atoms with E-state index < -0.39 is 58.4 Å². The monoisotopic (exact) mass is 345 g/mol. The molecule has 1 aromatic rings. The molecule has 128 valence electrons. The molecule has 1 aromatic carbocycles. The van der Waals surface area contributed by atoms with Gasteiger partial charge in [-0.15, -0.1) is 0 Å². The Morgan fingerprint density at radius 2 is 1.12 bits per heavy atom. The highest BCUT2D eigenvalue weighted by Crippen LogP contribution is 2.57. The molecular formula is C15H11F4NO4. The van der Waals surface area contributed by atoms with Gasteiger partial charge in [0, 0.05) is 11.1 Å². The standard InChI is InChI=1S/C15H11F4NO4/c1-20-12-4-5(9(17)11(19)10(18)8(4)16)13(20)7(15(22)24-3)6(12)14(21)23-2/h12-13H,1-3H3. The maximum absolute atomic E-state index is 14.2. The number of ether oxygens (including phenoxy) is 2. The summed E-state index contributed by atoms with van der Waals surface area (Å²) in [6, 6.07) is -2.56. The Morgan fingerprint density at radius 1 is 0.792 bits per heavy atom. The number of fused-ring (bicyclic) bond motifs is 5. The molecule has 2 aliphatic heterocycles. The molecule has 5 nitrogen and oxygen atoms in total. The summed E-state index contributed by atoms with van der Waals surface area (Å²) >= 11 is 0. The van der Waals surface area contributed by atoms with E-state index in [1.807, 2.05) is 0 Å². The van der Waals surface area contributed by atoms with Crippen molar-refractivity contribution in [1.29, 1.82) is 0 Å². The second-order valence-electron chi connectivity index (χ2n) is 5.36. The first-order chi connectivity index (χ1) is 11.3. The van der Waals surface area contributed by atoms with Gasteiger partial charge in [-0.05, 0) is 7.05 Å². The van der Waals surface area contributed by atoms with Crippen LogP contribution in [0, 0.1) is 23.3 Å². The molecule has 0 saturated carbocycles. The Bertz CT molecular complexity index is 755. The molecule has 3 rings (SSSR count). The molecule has 0 radical (unpaired) electrons. The molecule has 0 N–H and O–H groups in total. The van der Waals surface area contributed by atoms with E-state index in [2.05, 4.69) is 9.47 Å². The molecule has 2 unspecified atom stereocenters. The summed E-state index contributed by atoms with van der Waals surface area (Å²) < 4.78 is 64.8. The Balaban J connectivity index is 2.36. The SMILES string of the molecule is COC(=O)C1=C(C(=O)OC)C2c3c(F)c(F)c(F)c(F)c3C1N2C. The summed E-state index contributed by atoms with van der Waals surface area (Å²) in [5, 5.41) is 0. The van der Waals surface area contributed by atoms with Crippen LogP contribution in [0.3, 0.4) is 0 Å². The molecule has 9 heteroatoms. The molecule has 2 aliphatic rings. The Hall–Kier alpha value is -2.42. The van der Waals surface area contributed by atoms with E-state index in [-0.39, 0.29) is 11.1 Å². The quantitative estimate of drug-likeness (QED) is 0.355. The van der Waals surface area contributed by atoms with Crippen molar-refractivity contribution < 1.29 is 36.6 Å². The fraction of sp³-hybridized carbons (Fsp3) is 0.333. The van der Waals surface area contributed by atoms with Gasteiger partial charge in [-0.3, -0.25) is 4.90 Å². The van der Waals surface area contributed by atoms with Crippen LogP contribution in [0.5, 0.6) is 0 Å². The zero-order valence-corrected chi connectivity index (χ0v) is 12.7. The summed E-state index contributed by atoms with van der Waals surface area (Å²) in [4.78, 5) is 25.3. The smallest absolute Gasteiger partial charge is 0.336 e. The number of carbonyl (C=O) groups excluding carboxylic acids is 2. The van der Waals surface area contributed by atoms with Gasteiger partial charge in [0.2, 0.25) is 0 Å². The van der Waals surface area contributed by atoms with E-state index in [1.54, 1.807) is 0 Å². The molecule has 2 heterocycles. The number of halogens is 4. The van der Waals surface area contributed by atoms with Crippen molar-refractivity contribution in [2.75, 3.05) is 21.3 Å². The highest BCUT2D eigenvalue weighted by atomic mass is 19.2. The minimum atomic E-state index is -1.98. The van der Waals surface area contributed by atoms with Crippen molar-refractivity contribution in [3.63, 3.8) is 0 Å². The van der Waals surface area contributed by atoms with Gasteiger partial charge in [-0.25, -0.2) is 27.2 Å². The number of nitrogens with zero attached hydrogens (tertiary/aromatic N) is 1. The lowest BCUT2D eigenvalue weighted by atomic mass is 9.85. The van der Waals surface area contributed by atoms with E-state index in [4.69, 9.17) is 0 Å². The fourth-order valence-electron chi connectivity index (χ4n) is 3.41. The first kappa shape index (κ1) is 16.4. The van der Waals surface area contributed by atoms with Crippen LogP contribution in [0.1, 0.15) is 23.2 Å². The van der Waals surface area contributed by atoms with E-state index in [9.17, 15) is 27.2 Å². The normalized spacial score (nSPS) is 22.0. The number of esters is 2. The van der Waals surface area contributed by atoms with Gasteiger partial charge in [-0.1, -0.05) is 0 Å². The molecule has 0 fully saturated rings. The third kappa shape index (κ3) is 1.78. The van der Waals surface area contributed by atoms with Gasteiger partial charge < -0.3 is 9.47 Å². The molecule has 24 heavy (non-hydrogen) atoms. The van der Waals surface area contributed by atoms with Gasteiger partial charge in [0.1, 0.15) is 0 Å². The first-order valence-corrected chi connectivity index (χ1v) is 6.76. The number of hydrogen-bond acceptors (Lipinski definition) is 5. The van der Waals surface area contributed by atoms with Crippen molar-refractivity contribution >= 4 is 11.9 Å². The highest BCUT2D eigenvalue weighted by Gasteiger charge is 2.56. The van der Waals surface area contributed by atoms with Gasteiger partial charge in [0.05, 0.1) is 37.4 Å². The molecule has 2 atom stereocenters. The maximum atomic E-state index is 14.2. The van der Waals surface area contributed by atoms with Crippen molar-refractivity contribution in [3.05, 3.63) is 45.5 Å². The van der Waals surface area contributed by atoms with Crippen LogP contribution in [-0.2, 0) is 19.1 Å². The fourth-order valence-corrected chi connectivity index (χ4v) is 3.41. The third-order valence-corrected chi connectivity index (χ3v) is 4.35. The van der Waals surface area contributed by atoms with Gasteiger partial charge in [0.25, 0.3) is 0 Å². The number of carbonyl (C=O) groups is 2. The summed E-state index contributed by atoms with van der Waals surface area (Å²) in [5.74, 6) is -9.09. The largest absolute Gasteiger partial charge is 0.466 e. The maximum Gasteiger partial charge on any atom is 0.336 e. The Morgan fingerprint density at radius 3 is 1.42 bits per heavy atom. The molecule has 0 amide bonds. The van der Waals surface area contributed by atoms with Crippen LogP contribution in [0.15, 0.2) is 11.1 Å². The number of methoxy groups -OCH3 is 2. The predicted octanol–water partition coefficient (Wildman–Crippen LogP) is 1.93. The van der Waals surface area contributed by atoms with Crippen LogP contribution in [0.4, 0.5) is 17.6 Å². The average molecular weight is 345 g/mol. The lowest BCUT2D eigenvalue weighted by Gasteiger charge is -2.20. The minimum absolute atomic E-state index is 0.284. The second-order valence-corrected chi connectivity index (χ2v) is 5.36. The van der Waals surface area contributed by atoms with Crippen LogP contribution in [-0.4, -0.2) is 38.1 Å². The van der Waals surface area contributed by atoms with E-state index >= 15 is 0 Å². The highest BCUT2D eigenvalue weighted by molar-refractivity contribution is 6.04. The lowest BCUT2D eigenvalue weighted by molar-refractivity contribution is -0.139. The summed E-state index contributed by atoms with van der Waals surface area (Å²) in [5.41, 5.74) is -1.61. The lowest BCUT2D eigenvalue weighted by Crippen LogP contribution is -2.22. The zero-order valence-electron chi connectivity index (χ0n) is 12.7. The third-order valence-electron chi connectivity index (χ3n) is 4.35. The summed E-state index contributed by atoms with van der Waals surface area (Å²) in [6.45, 7) is 0. The Labute approximate surface area is 133 Å². The topological polar surface area (TPSA) is 55.8 Å². The number of benzene rings is 1. The summed E-state index contributed by atoms with van der Waals surface area (Å²) in [7, 11) is 3.45. The molecule has 0 aromatic heterocycles. The van der Waals surface area contributed by atoms with Gasteiger partial charge in [-0.2, -0.15) is 0 Å². The number of rotatable bonds is 2. The van der Waals surface area contributed by atoms with Crippen molar-refractivity contribution in [1.82, 2.24) is 4.90 Å². The molecule has 2 bridgehead atoms. The second kappa shape index (κ2) is 5.30. The van der Waals surface area contributed by atoms with Crippen molar-refractivity contribution in [2.45, 2.75) is 12.1 Å². The number of likely N-dealkylation sites (N-methyl/N-ethyl adjacent to an activating group) is 1. The van der Waals surface area contributed by atoms with Crippen LogP contribution in [0.25, 0.3) is 0 Å². The molecule has 0 aliphatic carbocycles. The first-order valence-electron chi connectivity index (χ1n) is 6.76. The Kier molecular flexibility index (Phi) is 3.63. The van der Waals surface area contributed by atoms with Crippen molar-refractivity contribution in [2.24, 2.45) is 0 Å². The van der Waals surface area contributed by atoms with Crippen LogP contribution in [0.2, 0.25) is 0 Å². The summed E-state index contributed by atoms with van der Waals surface area (Å²) in [6.07, 6.45) is 0. The van der Waals surface area contributed by atoms with Crippen LogP contribution < -0.4 is 0 Å². The van der Waals surface area contributed by atoms with Crippen molar-refractivity contribution in [3.8, 4) is 0 Å². The predicted molar refractivity (Wildman–Crippen MR) is 70.6 cm³/mol. The van der Waals surface area contributed by atoms with Gasteiger partial charge >= 0.3 is 11.9 Å². The minimum Gasteiger partial charge on any atom is -0.466 e. The molecular weight excluding hydrogens is 334 g/mol. The van der Waals surface area contributed by atoms with Gasteiger partial charge in [0.15, 0.2) is 23.3 Å². The average Bonchev–Trinajstić information content (AvgIpc) is 3.04.